The normalized spacial score (nSPS) is 24.1. The van der Waals surface area contributed by atoms with Gasteiger partial charge in [0.2, 0.25) is 5.91 Å². The number of amides is 1. The summed E-state index contributed by atoms with van der Waals surface area (Å²) < 4.78 is 0. The van der Waals surface area contributed by atoms with Crippen LogP contribution >= 0.6 is 11.8 Å². The molecule has 0 aliphatic carbocycles. The molecule has 2 atom stereocenters. The molecule has 2 unspecified atom stereocenters. The molecule has 0 saturated carbocycles. The van der Waals surface area contributed by atoms with Gasteiger partial charge in [-0.15, -0.1) is 0 Å². The van der Waals surface area contributed by atoms with E-state index in [0.29, 0.717) is 19.5 Å². The van der Waals surface area contributed by atoms with Crippen LogP contribution in [0.1, 0.15) is 20.3 Å². The fourth-order valence-corrected chi connectivity index (χ4v) is 2.49. The van der Waals surface area contributed by atoms with Crippen molar-refractivity contribution in [2.45, 2.75) is 31.6 Å². The van der Waals surface area contributed by atoms with E-state index in [1.54, 1.807) is 4.90 Å². The maximum absolute atomic E-state index is 11.5. The summed E-state index contributed by atoms with van der Waals surface area (Å²) >= 11 is 1.26. The Hall–Kier alpha value is -0.550. The van der Waals surface area contributed by atoms with Crippen molar-refractivity contribution >= 4 is 22.8 Å². The van der Waals surface area contributed by atoms with Crippen molar-refractivity contribution in [1.82, 2.24) is 4.90 Å². The van der Waals surface area contributed by atoms with Gasteiger partial charge in [-0.3, -0.25) is 9.59 Å². The van der Waals surface area contributed by atoms with Gasteiger partial charge in [0, 0.05) is 37.7 Å². The van der Waals surface area contributed by atoms with Gasteiger partial charge in [-0.25, -0.2) is 0 Å². The largest absolute Gasteiger partial charge is 0.338 e. The van der Waals surface area contributed by atoms with Crippen LogP contribution in [0.15, 0.2) is 0 Å². The monoisotopic (exact) mass is 216 g/mol. The second kappa shape index (κ2) is 4.79. The summed E-state index contributed by atoms with van der Waals surface area (Å²) in [5, 5.41) is 0.194. The molecule has 1 rings (SSSR count). The minimum atomic E-state index is 0.0741. The highest BCUT2D eigenvalue weighted by Crippen LogP contribution is 2.25. The number of hydrogen-bond donors (Lipinski definition) is 1. The summed E-state index contributed by atoms with van der Waals surface area (Å²) in [6.07, 6.45) is 0.467. The van der Waals surface area contributed by atoms with E-state index in [9.17, 15) is 9.59 Å². The van der Waals surface area contributed by atoms with Crippen molar-refractivity contribution in [2.24, 2.45) is 5.73 Å². The number of nitrogens with two attached hydrogens (primary N) is 1. The van der Waals surface area contributed by atoms with Crippen LogP contribution in [-0.4, -0.2) is 40.3 Å². The lowest BCUT2D eigenvalue weighted by atomic mass is 10.3. The van der Waals surface area contributed by atoms with Crippen LogP contribution in [0, 0.1) is 0 Å². The van der Waals surface area contributed by atoms with Crippen molar-refractivity contribution < 1.29 is 9.59 Å². The molecule has 1 heterocycles. The quantitative estimate of drug-likeness (QED) is 0.732. The minimum absolute atomic E-state index is 0.0741. The number of nitrogens with zero attached hydrogens (tertiary/aromatic N) is 1. The van der Waals surface area contributed by atoms with Crippen LogP contribution in [0.4, 0.5) is 0 Å². The molecule has 1 amide bonds. The van der Waals surface area contributed by atoms with Crippen LogP contribution < -0.4 is 5.73 Å². The van der Waals surface area contributed by atoms with Gasteiger partial charge in [0.1, 0.15) is 0 Å². The maximum Gasteiger partial charge on any atom is 0.224 e. The average molecular weight is 216 g/mol. The topological polar surface area (TPSA) is 63.4 Å². The Labute approximate surface area is 88.2 Å². The number of carbonyl (C=O) groups is 2. The molecule has 0 spiro atoms. The smallest absolute Gasteiger partial charge is 0.224 e. The molecule has 1 aliphatic rings. The van der Waals surface area contributed by atoms with Crippen molar-refractivity contribution in [1.29, 1.82) is 0 Å². The lowest BCUT2D eigenvalue weighted by molar-refractivity contribution is -0.129. The third kappa shape index (κ3) is 2.72. The lowest BCUT2D eigenvalue weighted by Crippen LogP contribution is -2.39. The Kier molecular flexibility index (Phi) is 3.95. The summed E-state index contributed by atoms with van der Waals surface area (Å²) in [5.74, 6) is 0.113. The molecule has 5 heteroatoms. The highest BCUT2D eigenvalue weighted by atomic mass is 32.2. The maximum atomic E-state index is 11.5. The molecule has 1 saturated heterocycles. The van der Waals surface area contributed by atoms with Crippen LogP contribution in [-0.2, 0) is 9.59 Å². The molecule has 4 nitrogen and oxygen atoms in total. The van der Waals surface area contributed by atoms with Gasteiger partial charge in [-0.05, 0) is 6.92 Å². The SMILES string of the molecule is CC(=O)SC1CC(=O)N(C(C)CN)C1. The Morgan fingerprint density at radius 3 is 2.93 bits per heavy atom. The Bertz CT molecular complexity index is 245. The molecule has 1 fully saturated rings. The van der Waals surface area contributed by atoms with E-state index >= 15 is 0 Å². The molecule has 2 N–H and O–H groups in total. The molecule has 0 bridgehead atoms. The van der Waals surface area contributed by atoms with Crippen LogP contribution in [0.5, 0.6) is 0 Å². The second-order valence-electron chi connectivity index (χ2n) is 3.57. The number of carbonyl (C=O) groups excluding carboxylic acids is 2. The zero-order chi connectivity index (χ0) is 10.7. The molecule has 80 valence electrons. The molecule has 0 aromatic carbocycles. The van der Waals surface area contributed by atoms with Crippen molar-refractivity contribution in [3.8, 4) is 0 Å². The summed E-state index contributed by atoms with van der Waals surface area (Å²) in [7, 11) is 0. The fraction of sp³-hybridized carbons (Fsp3) is 0.778. The second-order valence-corrected chi connectivity index (χ2v) is 5.04. The zero-order valence-electron chi connectivity index (χ0n) is 8.53. The molecular formula is C9H16N2O2S. The number of thioether (sulfide) groups is 1. The first-order valence-corrected chi connectivity index (χ1v) is 5.59. The average Bonchev–Trinajstić information content (AvgIpc) is 2.44. The molecule has 0 aromatic heterocycles. The molecular weight excluding hydrogens is 200 g/mol. The predicted molar refractivity (Wildman–Crippen MR) is 56.9 cm³/mol. The van der Waals surface area contributed by atoms with Crippen LogP contribution in [0.3, 0.4) is 0 Å². The highest BCUT2D eigenvalue weighted by Gasteiger charge is 2.32. The zero-order valence-corrected chi connectivity index (χ0v) is 9.34. The number of likely N-dealkylation sites (tertiary alicyclic amines) is 1. The van der Waals surface area contributed by atoms with Gasteiger partial charge in [-0.2, -0.15) is 0 Å². The lowest BCUT2D eigenvalue weighted by Gasteiger charge is -2.22. The van der Waals surface area contributed by atoms with Crippen molar-refractivity contribution in [3.05, 3.63) is 0 Å². The van der Waals surface area contributed by atoms with Gasteiger partial charge in [0.15, 0.2) is 5.12 Å². The summed E-state index contributed by atoms with van der Waals surface area (Å²) in [5.41, 5.74) is 5.49. The number of rotatable bonds is 3. The minimum Gasteiger partial charge on any atom is -0.338 e. The van der Waals surface area contributed by atoms with E-state index in [-0.39, 0.29) is 22.3 Å². The summed E-state index contributed by atoms with van der Waals surface area (Å²) in [4.78, 5) is 24.1. The van der Waals surface area contributed by atoms with Gasteiger partial charge in [0.25, 0.3) is 0 Å². The standard InChI is InChI=1S/C9H16N2O2S/c1-6(4-10)11-5-8(3-9(11)13)14-7(2)12/h6,8H,3-5,10H2,1-2H3. The highest BCUT2D eigenvalue weighted by molar-refractivity contribution is 8.14. The van der Waals surface area contributed by atoms with Crippen LogP contribution in [0.2, 0.25) is 0 Å². The Morgan fingerprint density at radius 1 is 1.79 bits per heavy atom. The third-order valence-electron chi connectivity index (χ3n) is 2.33. The summed E-state index contributed by atoms with van der Waals surface area (Å²) in [6.45, 7) is 4.59. The molecule has 0 aromatic rings. The van der Waals surface area contributed by atoms with Crippen LogP contribution in [0.25, 0.3) is 0 Å². The van der Waals surface area contributed by atoms with Crippen molar-refractivity contribution in [2.75, 3.05) is 13.1 Å². The number of hydrogen-bond acceptors (Lipinski definition) is 4. The molecule has 0 radical (unpaired) electrons. The first kappa shape index (κ1) is 11.5. The van der Waals surface area contributed by atoms with E-state index in [4.69, 9.17) is 5.73 Å². The third-order valence-corrected chi connectivity index (χ3v) is 3.31. The first-order valence-electron chi connectivity index (χ1n) is 4.71. The van der Waals surface area contributed by atoms with Gasteiger partial charge in [-0.1, -0.05) is 11.8 Å². The van der Waals surface area contributed by atoms with Gasteiger partial charge >= 0.3 is 0 Å². The van der Waals surface area contributed by atoms with E-state index in [1.807, 2.05) is 6.92 Å². The molecule has 14 heavy (non-hydrogen) atoms. The predicted octanol–water partition coefficient (Wildman–Crippen LogP) is 0.214. The molecule has 1 aliphatic heterocycles. The van der Waals surface area contributed by atoms with E-state index in [0.717, 1.165) is 0 Å². The van der Waals surface area contributed by atoms with Gasteiger partial charge in [0.05, 0.1) is 0 Å². The van der Waals surface area contributed by atoms with E-state index in [2.05, 4.69) is 0 Å². The van der Waals surface area contributed by atoms with E-state index in [1.165, 1.54) is 18.7 Å². The van der Waals surface area contributed by atoms with Crippen molar-refractivity contribution in [3.63, 3.8) is 0 Å². The Balaban J connectivity index is 2.51. The fourth-order valence-electron chi connectivity index (χ4n) is 1.56. The summed E-state index contributed by atoms with van der Waals surface area (Å²) in [6, 6.07) is 0.0834. The first-order chi connectivity index (χ1) is 6.54. The van der Waals surface area contributed by atoms with E-state index < -0.39 is 0 Å². The van der Waals surface area contributed by atoms with Gasteiger partial charge < -0.3 is 10.6 Å². The Morgan fingerprint density at radius 2 is 2.43 bits per heavy atom.